The van der Waals surface area contributed by atoms with E-state index in [0.29, 0.717) is 6.61 Å². The van der Waals surface area contributed by atoms with E-state index in [2.05, 4.69) is 10.9 Å². The van der Waals surface area contributed by atoms with Crippen molar-refractivity contribution >= 4 is 11.5 Å². The summed E-state index contributed by atoms with van der Waals surface area (Å²) in [5, 5.41) is 0. The SMILES string of the molecule is CO[C@H]1O[C@@H]2COC(c3ccccc3)O[C@H]2[C@H](NNc2ccccc2)C1=O. The van der Waals surface area contributed by atoms with E-state index in [-0.39, 0.29) is 5.78 Å². The molecule has 0 saturated carbocycles. The van der Waals surface area contributed by atoms with Crippen LogP contribution in [0.2, 0.25) is 0 Å². The van der Waals surface area contributed by atoms with E-state index < -0.39 is 30.8 Å². The highest BCUT2D eigenvalue weighted by molar-refractivity contribution is 5.88. The Balaban J connectivity index is 1.52. The number of ether oxygens (including phenoxy) is 4. The number of ketones is 1. The van der Waals surface area contributed by atoms with E-state index in [4.69, 9.17) is 18.9 Å². The molecule has 2 N–H and O–H groups in total. The van der Waals surface area contributed by atoms with Crippen molar-refractivity contribution in [1.29, 1.82) is 0 Å². The first-order chi connectivity index (χ1) is 13.3. The van der Waals surface area contributed by atoms with Crippen molar-refractivity contribution in [2.75, 3.05) is 19.1 Å². The van der Waals surface area contributed by atoms with E-state index >= 15 is 0 Å². The molecule has 7 heteroatoms. The summed E-state index contributed by atoms with van der Waals surface area (Å²) in [5.41, 5.74) is 7.89. The number of fused-ring (bicyclic) bond motifs is 1. The number of nitrogens with one attached hydrogen (secondary N) is 2. The van der Waals surface area contributed by atoms with Gasteiger partial charge in [0.15, 0.2) is 6.29 Å². The van der Waals surface area contributed by atoms with E-state index in [0.717, 1.165) is 11.3 Å². The highest BCUT2D eigenvalue weighted by Crippen LogP contribution is 2.32. The number of para-hydroxylation sites is 1. The van der Waals surface area contributed by atoms with Gasteiger partial charge in [0.25, 0.3) is 0 Å². The maximum absolute atomic E-state index is 12.8. The summed E-state index contributed by atoms with van der Waals surface area (Å²) in [7, 11) is 1.45. The minimum absolute atomic E-state index is 0.226. The van der Waals surface area contributed by atoms with Crippen molar-refractivity contribution in [3.05, 3.63) is 66.2 Å². The zero-order valence-corrected chi connectivity index (χ0v) is 14.9. The Bertz CT molecular complexity index is 757. The molecular formula is C20H22N2O5. The molecule has 0 spiro atoms. The molecule has 0 bridgehead atoms. The van der Waals surface area contributed by atoms with Crippen LogP contribution >= 0.6 is 0 Å². The van der Waals surface area contributed by atoms with E-state index in [1.165, 1.54) is 7.11 Å². The first kappa shape index (κ1) is 18.1. The van der Waals surface area contributed by atoms with Gasteiger partial charge in [0.05, 0.1) is 6.61 Å². The number of hydrogen-bond acceptors (Lipinski definition) is 7. The van der Waals surface area contributed by atoms with Gasteiger partial charge < -0.3 is 24.4 Å². The summed E-state index contributed by atoms with van der Waals surface area (Å²) in [4.78, 5) is 12.8. The first-order valence-electron chi connectivity index (χ1n) is 8.87. The lowest BCUT2D eigenvalue weighted by atomic mass is 9.97. The third-order valence-electron chi connectivity index (χ3n) is 4.66. The van der Waals surface area contributed by atoms with Crippen LogP contribution in [0.25, 0.3) is 0 Å². The predicted octanol–water partition coefficient (Wildman–Crippen LogP) is 2.03. The molecule has 2 saturated heterocycles. The predicted molar refractivity (Wildman–Crippen MR) is 97.7 cm³/mol. The Labute approximate surface area is 157 Å². The summed E-state index contributed by atoms with van der Waals surface area (Å²) in [5.74, 6) is -0.226. The minimum Gasteiger partial charge on any atom is -0.349 e. The van der Waals surface area contributed by atoms with Gasteiger partial charge in [-0.25, -0.2) is 5.43 Å². The van der Waals surface area contributed by atoms with Gasteiger partial charge in [-0.15, -0.1) is 0 Å². The molecule has 0 radical (unpaired) electrons. The largest absolute Gasteiger partial charge is 0.349 e. The van der Waals surface area contributed by atoms with E-state index in [1.807, 2.05) is 60.7 Å². The Kier molecular flexibility index (Phi) is 5.47. The molecule has 5 atom stereocenters. The zero-order valence-electron chi connectivity index (χ0n) is 14.9. The molecule has 2 fully saturated rings. The van der Waals surface area contributed by atoms with Gasteiger partial charge in [0, 0.05) is 18.4 Å². The maximum Gasteiger partial charge on any atom is 0.219 e. The van der Waals surface area contributed by atoms with Crippen LogP contribution in [0.5, 0.6) is 0 Å². The highest BCUT2D eigenvalue weighted by atomic mass is 16.7. The van der Waals surface area contributed by atoms with Gasteiger partial charge in [0.1, 0.15) is 18.2 Å². The molecular weight excluding hydrogens is 348 g/mol. The second-order valence-electron chi connectivity index (χ2n) is 6.43. The quantitative estimate of drug-likeness (QED) is 0.780. The fraction of sp³-hybridized carbons (Fsp3) is 0.350. The Morgan fingerprint density at radius 3 is 2.41 bits per heavy atom. The van der Waals surface area contributed by atoms with Crippen molar-refractivity contribution in [1.82, 2.24) is 5.43 Å². The average Bonchev–Trinajstić information content (AvgIpc) is 2.74. The van der Waals surface area contributed by atoms with Crippen LogP contribution in [-0.4, -0.2) is 44.0 Å². The molecule has 4 rings (SSSR count). The number of benzene rings is 2. The molecule has 7 nitrogen and oxygen atoms in total. The van der Waals surface area contributed by atoms with Crippen molar-refractivity contribution in [2.45, 2.75) is 30.8 Å². The van der Waals surface area contributed by atoms with Crippen molar-refractivity contribution in [2.24, 2.45) is 0 Å². The first-order valence-corrected chi connectivity index (χ1v) is 8.87. The van der Waals surface area contributed by atoms with Gasteiger partial charge in [-0.2, -0.15) is 0 Å². The van der Waals surface area contributed by atoms with Gasteiger partial charge in [-0.1, -0.05) is 48.5 Å². The third kappa shape index (κ3) is 3.87. The summed E-state index contributed by atoms with van der Waals surface area (Å²) in [6, 6.07) is 18.5. The zero-order chi connectivity index (χ0) is 18.6. The summed E-state index contributed by atoms with van der Waals surface area (Å²) >= 11 is 0. The second kappa shape index (κ2) is 8.16. The summed E-state index contributed by atoms with van der Waals surface area (Å²) in [6.45, 7) is 0.306. The Morgan fingerprint density at radius 1 is 1.00 bits per heavy atom. The molecule has 142 valence electrons. The number of hydrazine groups is 1. The lowest BCUT2D eigenvalue weighted by Crippen LogP contribution is -2.65. The van der Waals surface area contributed by atoms with Gasteiger partial charge in [-0.05, 0) is 12.1 Å². The minimum atomic E-state index is -0.957. The Morgan fingerprint density at radius 2 is 1.70 bits per heavy atom. The second-order valence-corrected chi connectivity index (χ2v) is 6.43. The van der Waals surface area contributed by atoms with Gasteiger partial charge in [0.2, 0.25) is 12.1 Å². The van der Waals surface area contributed by atoms with Crippen LogP contribution in [0, 0.1) is 0 Å². The summed E-state index contributed by atoms with van der Waals surface area (Å²) < 4.78 is 22.8. The van der Waals surface area contributed by atoms with Gasteiger partial charge >= 0.3 is 0 Å². The van der Waals surface area contributed by atoms with Crippen LogP contribution in [0.15, 0.2) is 60.7 Å². The van der Waals surface area contributed by atoms with Crippen molar-refractivity contribution < 1.29 is 23.7 Å². The molecule has 2 heterocycles. The molecule has 1 unspecified atom stereocenters. The Hall–Kier alpha value is -2.29. The average molecular weight is 370 g/mol. The number of hydrogen-bond donors (Lipinski definition) is 2. The topological polar surface area (TPSA) is 78.1 Å². The van der Waals surface area contributed by atoms with Crippen LogP contribution in [0.1, 0.15) is 11.9 Å². The van der Waals surface area contributed by atoms with Crippen molar-refractivity contribution in [3.63, 3.8) is 0 Å². The van der Waals surface area contributed by atoms with Crippen LogP contribution in [0.3, 0.4) is 0 Å². The number of methoxy groups -OCH3 is 1. The molecule has 0 aliphatic carbocycles. The third-order valence-corrected chi connectivity index (χ3v) is 4.66. The number of Topliss-reactive ketones (excluding diaryl/α,β-unsaturated/α-hetero) is 1. The highest BCUT2D eigenvalue weighted by Gasteiger charge is 2.49. The molecule has 27 heavy (non-hydrogen) atoms. The van der Waals surface area contributed by atoms with E-state index in [1.54, 1.807) is 0 Å². The van der Waals surface area contributed by atoms with Crippen molar-refractivity contribution in [3.8, 4) is 0 Å². The number of rotatable bonds is 5. The standard InChI is InChI=1S/C20H22N2O5/c1-24-20-17(23)16(22-21-14-10-6-3-7-11-14)18-15(26-20)12-25-19(27-18)13-8-4-2-5-9-13/h2-11,15-16,18-22H,12H2,1H3/t15-,16-,18-,19?,20+/m1/s1. The number of carbonyl (C=O) groups is 1. The smallest absolute Gasteiger partial charge is 0.219 e. The number of anilines is 1. The van der Waals surface area contributed by atoms with Gasteiger partial charge in [-0.3, -0.25) is 4.79 Å². The molecule has 0 amide bonds. The normalized spacial score (nSPS) is 30.6. The molecule has 2 aliphatic heterocycles. The van der Waals surface area contributed by atoms with Crippen LogP contribution < -0.4 is 10.9 Å². The monoisotopic (exact) mass is 370 g/mol. The van der Waals surface area contributed by atoms with Crippen LogP contribution in [0.4, 0.5) is 5.69 Å². The lowest BCUT2D eigenvalue weighted by molar-refractivity contribution is -0.305. The maximum atomic E-state index is 12.8. The molecule has 2 aromatic carbocycles. The fourth-order valence-corrected chi connectivity index (χ4v) is 3.28. The number of carbonyl (C=O) groups excluding carboxylic acids is 1. The summed E-state index contributed by atoms with van der Waals surface area (Å²) in [6.07, 6.45) is -2.44. The lowest BCUT2D eigenvalue weighted by Gasteiger charge is -2.44. The molecule has 0 aromatic heterocycles. The molecule has 2 aliphatic rings. The molecule has 2 aromatic rings. The fourth-order valence-electron chi connectivity index (χ4n) is 3.28. The van der Waals surface area contributed by atoms with Crippen LogP contribution in [-0.2, 0) is 23.7 Å². The van der Waals surface area contributed by atoms with E-state index in [9.17, 15) is 4.79 Å².